The molecule has 0 radical (unpaired) electrons. The fourth-order valence-corrected chi connectivity index (χ4v) is 5.20. The number of sulfone groups is 1. The van der Waals surface area contributed by atoms with Crippen LogP contribution in [0.25, 0.3) is 0 Å². The molecular formula is C17H35IN4O2S. The maximum atomic E-state index is 11.6. The molecule has 6 nitrogen and oxygen atoms in total. The van der Waals surface area contributed by atoms with E-state index in [9.17, 15) is 8.42 Å². The topological polar surface area (TPSA) is 73.8 Å². The van der Waals surface area contributed by atoms with Gasteiger partial charge in [0.25, 0.3) is 0 Å². The van der Waals surface area contributed by atoms with E-state index in [1.807, 2.05) is 6.92 Å². The van der Waals surface area contributed by atoms with Crippen LogP contribution in [-0.4, -0.2) is 69.0 Å². The SMILES string of the molecule is CCNC(=NCCCCN1CCCCC1C)NC1CCS(=O)(=O)C1.I. The summed E-state index contributed by atoms with van der Waals surface area (Å²) in [5.41, 5.74) is 0. The highest BCUT2D eigenvalue weighted by molar-refractivity contribution is 14.0. The Morgan fingerprint density at radius 1 is 1.24 bits per heavy atom. The van der Waals surface area contributed by atoms with Crippen molar-refractivity contribution in [3.8, 4) is 0 Å². The van der Waals surface area contributed by atoms with E-state index in [1.165, 1.54) is 38.8 Å². The first-order chi connectivity index (χ1) is 11.5. The monoisotopic (exact) mass is 486 g/mol. The highest BCUT2D eigenvalue weighted by atomic mass is 127. The zero-order valence-electron chi connectivity index (χ0n) is 15.7. The number of nitrogens with zero attached hydrogens (tertiary/aromatic N) is 2. The zero-order chi connectivity index (χ0) is 17.4. The van der Waals surface area contributed by atoms with E-state index in [1.54, 1.807) is 0 Å². The van der Waals surface area contributed by atoms with Crippen molar-refractivity contribution < 1.29 is 8.42 Å². The van der Waals surface area contributed by atoms with Gasteiger partial charge in [0.05, 0.1) is 11.5 Å². The van der Waals surface area contributed by atoms with Gasteiger partial charge < -0.3 is 15.5 Å². The Hall–Kier alpha value is -0.0900. The van der Waals surface area contributed by atoms with Crippen molar-refractivity contribution in [1.82, 2.24) is 15.5 Å². The first-order valence-electron chi connectivity index (χ1n) is 9.49. The molecule has 2 unspecified atom stereocenters. The zero-order valence-corrected chi connectivity index (χ0v) is 18.8. The minimum Gasteiger partial charge on any atom is -0.357 e. The van der Waals surface area contributed by atoms with Crippen LogP contribution in [0, 0.1) is 0 Å². The molecule has 2 heterocycles. The third-order valence-corrected chi connectivity index (χ3v) is 6.75. The van der Waals surface area contributed by atoms with Crippen LogP contribution < -0.4 is 10.6 Å². The summed E-state index contributed by atoms with van der Waals surface area (Å²) in [6.45, 7) is 8.35. The number of aliphatic imine (C=N–C) groups is 1. The van der Waals surface area contributed by atoms with Crippen molar-refractivity contribution in [1.29, 1.82) is 0 Å². The van der Waals surface area contributed by atoms with Gasteiger partial charge in [0.15, 0.2) is 15.8 Å². The van der Waals surface area contributed by atoms with Crippen molar-refractivity contribution in [3.63, 3.8) is 0 Å². The summed E-state index contributed by atoms with van der Waals surface area (Å²) in [4.78, 5) is 7.20. The molecule has 0 aromatic heterocycles. The molecule has 0 aliphatic carbocycles. The largest absolute Gasteiger partial charge is 0.357 e. The molecule has 2 saturated heterocycles. The molecule has 0 saturated carbocycles. The molecule has 25 heavy (non-hydrogen) atoms. The lowest BCUT2D eigenvalue weighted by Gasteiger charge is -2.33. The number of unbranched alkanes of at least 4 members (excludes halogenated alkanes) is 1. The third kappa shape index (κ3) is 8.43. The second-order valence-electron chi connectivity index (χ2n) is 7.09. The predicted molar refractivity (Wildman–Crippen MR) is 116 cm³/mol. The summed E-state index contributed by atoms with van der Waals surface area (Å²) < 4.78 is 23.1. The van der Waals surface area contributed by atoms with Gasteiger partial charge in [-0.3, -0.25) is 4.99 Å². The van der Waals surface area contributed by atoms with Crippen molar-refractivity contribution in [2.75, 3.05) is 37.7 Å². The molecule has 0 aromatic rings. The maximum Gasteiger partial charge on any atom is 0.191 e. The Balaban J connectivity index is 0.00000312. The number of likely N-dealkylation sites (tertiary alicyclic amines) is 1. The lowest BCUT2D eigenvalue weighted by molar-refractivity contribution is 0.158. The Bertz CT molecular complexity index is 513. The average Bonchev–Trinajstić information content (AvgIpc) is 2.87. The smallest absolute Gasteiger partial charge is 0.191 e. The van der Waals surface area contributed by atoms with Crippen LogP contribution in [0.4, 0.5) is 0 Å². The number of hydrogen-bond donors (Lipinski definition) is 2. The number of hydrogen-bond acceptors (Lipinski definition) is 4. The first kappa shape index (κ1) is 23.0. The van der Waals surface area contributed by atoms with Crippen LogP contribution in [0.2, 0.25) is 0 Å². The van der Waals surface area contributed by atoms with Crippen LogP contribution >= 0.6 is 24.0 Å². The van der Waals surface area contributed by atoms with E-state index >= 15 is 0 Å². The Morgan fingerprint density at radius 3 is 2.68 bits per heavy atom. The quantitative estimate of drug-likeness (QED) is 0.249. The molecule has 0 bridgehead atoms. The van der Waals surface area contributed by atoms with E-state index in [2.05, 4.69) is 27.4 Å². The van der Waals surface area contributed by atoms with Crippen molar-refractivity contribution >= 4 is 39.8 Å². The summed E-state index contributed by atoms with van der Waals surface area (Å²) in [6, 6.07) is 0.729. The minimum absolute atomic E-state index is 0. The van der Waals surface area contributed by atoms with Gasteiger partial charge in [0.2, 0.25) is 0 Å². The highest BCUT2D eigenvalue weighted by Crippen LogP contribution is 2.16. The standard InChI is InChI=1S/C17H34N4O2S.HI/c1-3-18-17(20-16-9-13-24(22,23)14-16)19-10-5-7-12-21-11-6-4-8-15(21)2;/h15-16H,3-14H2,1-2H3,(H2,18,19,20);1H. The summed E-state index contributed by atoms with van der Waals surface area (Å²) in [5, 5.41) is 6.49. The number of guanidine groups is 1. The van der Waals surface area contributed by atoms with Gasteiger partial charge in [-0.1, -0.05) is 6.42 Å². The Kier molecular flexibility index (Phi) is 10.6. The van der Waals surface area contributed by atoms with Gasteiger partial charge in [0, 0.05) is 25.2 Å². The van der Waals surface area contributed by atoms with Gasteiger partial charge in [0.1, 0.15) is 0 Å². The fraction of sp³-hybridized carbons (Fsp3) is 0.941. The molecule has 2 rings (SSSR count). The van der Waals surface area contributed by atoms with Crippen LogP contribution in [0.1, 0.15) is 52.4 Å². The molecule has 2 aliphatic rings. The molecule has 0 aromatic carbocycles. The van der Waals surface area contributed by atoms with Crippen LogP contribution in [0.5, 0.6) is 0 Å². The second-order valence-corrected chi connectivity index (χ2v) is 9.32. The Labute approximate surface area is 170 Å². The number of rotatable bonds is 7. The fourth-order valence-electron chi connectivity index (χ4n) is 3.53. The summed E-state index contributed by atoms with van der Waals surface area (Å²) >= 11 is 0. The van der Waals surface area contributed by atoms with Crippen molar-refractivity contribution in [2.45, 2.75) is 64.5 Å². The molecule has 2 fully saturated rings. The molecule has 0 spiro atoms. The normalized spacial score (nSPS) is 26.9. The number of nitrogens with one attached hydrogen (secondary N) is 2. The minimum atomic E-state index is -2.85. The predicted octanol–water partition coefficient (Wildman–Crippen LogP) is 2.00. The number of halogens is 1. The summed E-state index contributed by atoms with van der Waals surface area (Å²) in [7, 11) is -2.85. The van der Waals surface area contributed by atoms with Gasteiger partial charge in [-0.05, 0) is 59.0 Å². The van der Waals surface area contributed by atoms with Crippen LogP contribution in [0.3, 0.4) is 0 Å². The van der Waals surface area contributed by atoms with Gasteiger partial charge in [-0.15, -0.1) is 24.0 Å². The van der Waals surface area contributed by atoms with Crippen molar-refractivity contribution in [3.05, 3.63) is 0 Å². The van der Waals surface area contributed by atoms with Gasteiger partial charge in [-0.25, -0.2) is 8.42 Å². The van der Waals surface area contributed by atoms with E-state index in [0.29, 0.717) is 6.42 Å². The average molecular weight is 486 g/mol. The molecular weight excluding hydrogens is 451 g/mol. The molecule has 2 N–H and O–H groups in total. The van der Waals surface area contributed by atoms with Crippen molar-refractivity contribution in [2.24, 2.45) is 4.99 Å². The van der Waals surface area contributed by atoms with E-state index in [0.717, 1.165) is 31.5 Å². The molecule has 2 atom stereocenters. The summed E-state index contributed by atoms with van der Waals surface area (Å²) in [6.07, 6.45) is 6.96. The third-order valence-electron chi connectivity index (χ3n) is 4.98. The van der Waals surface area contributed by atoms with Crippen LogP contribution in [-0.2, 0) is 9.84 Å². The Morgan fingerprint density at radius 2 is 2.04 bits per heavy atom. The maximum absolute atomic E-state index is 11.6. The van der Waals surface area contributed by atoms with E-state index < -0.39 is 9.84 Å². The van der Waals surface area contributed by atoms with E-state index in [4.69, 9.17) is 0 Å². The highest BCUT2D eigenvalue weighted by Gasteiger charge is 2.28. The second kappa shape index (κ2) is 11.6. The van der Waals surface area contributed by atoms with Gasteiger partial charge in [-0.2, -0.15) is 0 Å². The molecule has 0 amide bonds. The number of piperidine rings is 1. The lowest BCUT2D eigenvalue weighted by Crippen LogP contribution is -2.44. The van der Waals surface area contributed by atoms with Gasteiger partial charge >= 0.3 is 0 Å². The lowest BCUT2D eigenvalue weighted by atomic mass is 10.0. The molecule has 148 valence electrons. The molecule has 2 aliphatic heterocycles. The summed E-state index contributed by atoms with van der Waals surface area (Å²) in [5.74, 6) is 1.27. The van der Waals surface area contributed by atoms with Crippen LogP contribution in [0.15, 0.2) is 4.99 Å². The molecule has 8 heteroatoms. The first-order valence-corrected chi connectivity index (χ1v) is 11.3. The van der Waals surface area contributed by atoms with E-state index in [-0.39, 0.29) is 41.5 Å².